The van der Waals surface area contributed by atoms with Crippen LogP contribution in [0.3, 0.4) is 0 Å². The van der Waals surface area contributed by atoms with Gasteiger partial charge in [-0.15, -0.1) is 0 Å². The molecule has 0 aliphatic heterocycles. The number of para-hydroxylation sites is 2. The van der Waals surface area contributed by atoms with Crippen LogP contribution in [0.15, 0.2) is 24.3 Å². The van der Waals surface area contributed by atoms with Gasteiger partial charge in [0.15, 0.2) is 0 Å². The molecule has 2 nitrogen and oxygen atoms in total. The third kappa shape index (κ3) is 4.68. The van der Waals surface area contributed by atoms with Gasteiger partial charge in [-0.05, 0) is 37.8 Å². The highest BCUT2D eigenvalue weighted by Crippen LogP contribution is 2.25. The normalized spacial score (nSPS) is 12.6. The standard InChI is InChI=1S/C15H26N2/c1-12(2)10-11-13(3)16-14-8-6-7-9-15(14)17(4)5/h6-9,12-13,16H,10-11H2,1-5H3. The summed E-state index contributed by atoms with van der Waals surface area (Å²) in [6.45, 7) is 6.82. The zero-order valence-corrected chi connectivity index (χ0v) is 11.8. The third-order valence-corrected chi connectivity index (χ3v) is 2.96. The maximum atomic E-state index is 3.61. The van der Waals surface area contributed by atoms with Crippen molar-refractivity contribution in [3.63, 3.8) is 0 Å². The monoisotopic (exact) mass is 234 g/mol. The van der Waals surface area contributed by atoms with Gasteiger partial charge in [0.1, 0.15) is 0 Å². The Labute approximate surface area is 106 Å². The van der Waals surface area contributed by atoms with Crippen molar-refractivity contribution in [2.24, 2.45) is 5.92 Å². The highest BCUT2D eigenvalue weighted by molar-refractivity contribution is 5.69. The fraction of sp³-hybridized carbons (Fsp3) is 0.600. The van der Waals surface area contributed by atoms with Gasteiger partial charge in [0.2, 0.25) is 0 Å². The maximum Gasteiger partial charge on any atom is 0.0596 e. The number of nitrogens with one attached hydrogen (secondary N) is 1. The van der Waals surface area contributed by atoms with Crippen LogP contribution in [0.2, 0.25) is 0 Å². The van der Waals surface area contributed by atoms with E-state index in [0.717, 1.165) is 5.92 Å². The van der Waals surface area contributed by atoms with Crippen molar-refractivity contribution in [1.82, 2.24) is 0 Å². The molecular formula is C15H26N2. The molecule has 17 heavy (non-hydrogen) atoms. The Morgan fingerprint density at radius 3 is 2.29 bits per heavy atom. The Kier molecular flexibility index (Phi) is 5.33. The summed E-state index contributed by atoms with van der Waals surface area (Å²) in [5.74, 6) is 0.781. The molecule has 0 aliphatic carbocycles. The molecule has 0 aliphatic rings. The average Bonchev–Trinajstić information content (AvgIpc) is 2.27. The van der Waals surface area contributed by atoms with E-state index in [1.54, 1.807) is 0 Å². The topological polar surface area (TPSA) is 15.3 Å². The Morgan fingerprint density at radius 2 is 1.71 bits per heavy atom. The quantitative estimate of drug-likeness (QED) is 0.800. The molecular weight excluding hydrogens is 208 g/mol. The molecule has 0 fully saturated rings. The van der Waals surface area contributed by atoms with E-state index in [1.807, 2.05) is 0 Å². The number of nitrogens with zero attached hydrogens (tertiary/aromatic N) is 1. The van der Waals surface area contributed by atoms with Crippen LogP contribution in [-0.2, 0) is 0 Å². The van der Waals surface area contributed by atoms with Gasteiger partial charge in [0.05, 0.1) is 11.4 Å². The minimum atomic E-state index is 0.526. The Balaban J connectivity index is 2.61. The van der Waals surface area contributed by atoms with Gasteiger partial charge in [-0.3, -0.25) is 0 Å². The van der Waals surface area contributed by atoms with Gasteiger partial charge in [-0.25, -0.2) is 0 Å². The molecule has 1 N–H and O–H groups in total. The molecule has 0 heterocycles. The summed E-state index contributed by atoms with van der Waals surface area (Å²) in [4.78, 5) is 2.15. The van der Waals surface area contributed by atoms with Crippen molar-refractivity contribution in [1.29, 1.82) is 0 Å². The van der Waals surface area contributed by atoms with Gasteiger partial charge in [-0.2, -0.15) is 0 Å². The molecule has 0 spiro atoms. The number of anilines is 2. The van der Waals surface area contributed by atoms with E-state index in [2.05, 4.69) is 69.3 Å². The summed E-state index contributed by atoms with van der Waals surface area (Å²) in [6, 6.07) is 9.00. The molecule has 1 aromatic carbocycles. The van der Waals surface area contributed by atoms with E-state index in [4.69, 9.17) is 0 Å². The fourth-order valence-corrected chi connectivity index (χ4v) is 1.91. The van der Waals surface area contributed by atoms with Crippen LogP contribution in [-0.4, -0.2) is 20.1 Å². The molecule has 1 rings (SSSR count). The van der Waals surface area contributed by atoms with Gasteiger partial charge < -0.3 is 10.2 Å². The first kappa shape index (κ1) is 13.9. The summed E-state index contributed by atoms with van der Waals surface area (Å²) in [5.41, 5.74) is 2.48. The number of hydrogen-bond acceptors (Lipinski definition) is 2. The van der Waals surface area contributed by atoms with Crippen LogP contribution in [0, 0.1) is 5.92 Å². The van der Waals surface area contributed by atoms with Crippen LogP contribution in [0.1, 0.15) is 33.6 Å². The average molecular weight is 234 g/mol. The summed E-state index contributed by atoms with van der Waals surface area (Å²) in [7, 11) is 4.17. The Hall–Kier alpha value is -1.18. The lowest BCUT2D eigenvalue weighted by Gasteiger charge is -2.22. The zero-order valence-electron chi connectivity index (χ0n) is 11.8. The maximum absolute atomic E-state index is 3.61. The second kappa shape index (κ2) is 6.53. The summed E-state index contributed by atoms with van der Waals surface area (Å²) < 4.78 is 0. The summed E-state index contributed by atoms with van der Waals surface area (Å²) in [5, 5.41) is 3.61. The molecule has 2 heteroatoms. The van der Waals surface area contributed by atoms with Crippen LogP contribution in [0.5, 0.6) is 0 Å². The lowest BCUT2D eigenvalue weighted by Crippen LogP contribution is -2.19. The molecule has 0 aromatic heterocycles. The largest absolute Gasteiger partial charge is 0.381 e. The van der Waals surface area contributed by atoms with Gasteiger partial charge >= 0.3 is 0 Å². The van der Waals surface area contributed by atoms with E-state index in [9.17, 15) is 0 Å². The highest BCUT2D eigenvalue weighted by atomic mass is 15.1. The van der Waals surface area contributed by atoms with Crippen molar-refractivity contribution < 1.29 is 0 Å². The molecule has 96 valence electrons. The first-order valence-electron chi connectivity index (χ1n) is 6.53. The molecule has 0 amide bonds. The Bertz CT molecular complexity index is 331. The minimum absolute atomic E-state index is 0.526. The smallest absolute Gasteiger partial charge is 0.0596 e. The van der Waals surface area contributed by atoms with Crippen molar-refractivity contribution in [3.05, 3.63) is 24.3 Å². The molecule has 0 bridgehead atoms. The first-order chi connectivity index (χ1) is 8.00. The molecule has 0 saturated heterocycles. The molecule has 0 radical (unpaired) electrons. The van der Waals surface area contributed by atoms with Crippen molar-refractivity contribution >= 4 is 11.4 Å². The molecule has 1 unspecified atom stereocenters. The van der Waals surface area contributed by atoms with Gasteiger partial charge in [-0.1, -0.05) is 26.0 Å². The van der Waals surface area contributed by atoms with E-state index in [1.165, 1.54) is 24.2 Å². The molecule has 0 saturated carbocycles. The SMILES string of the molecule is CC(C)CCC(C)Nc1ccccc1N(C)C. The minimum Gasteiger partial charge on any atom is -0.381 e. The molecule has 1 atom stereocenters. The lowest BCUT2D eigenvalue weighted by atomic mass is 10.0. The van der Waals surface area contributed by atoms with E-state index in [-0.39, 0.29) is 0 Å². The summed E-state index contributed by atoms with van der Waals surface area (Å²) >= 11 is 0. The van der Waals surface area contributed by atoms with E-state index in [0.29, 0.717) is 6.04 Å². The predicted octanol–water partition coefficient (Wildman–Crippen LogP) is 3.99. The first-order valence-corrected chi connectivity index (χ1v) is 6.53. The lowest BCUT2D eigenvalue weighted by molar-refractivity contribution is 0.528. The number of hydrogen-bond donors (Lipinski definition) is 1. The zero-order chi connectivity index (χ0) is 12.8. The second-order valence-electron chi connectivity index (χ2n) is 5.43. The van der Waals surface area contributed by atoms with Crippen LogP contribution in [0.25, 0.3) is 0 Å². The number of rotatable bonds is 6. The molecule has 1 aromatic rings. The number of benzene rings is 1. The van der Waals surface area contributed by atoms with Gasteiger partial charge in [0, 0.05) is 20.1 Å². The third-order valence-electron chi connectivity index (χ3n) is 2.96. The second-order valence-corrected chi connectivity index (χ2v) is 5.43. The Morgan fingerprint density at radius 1 is 1.06 bits per heavy atom. The van der Waals surface area contributed by atoms with Crippen molar-refractivity contribution in [2.45, 2.75) is 39.7 Å². The van der Waals surface area contributed by atoms with E-state index < -0.39 is 0 Å². The highest BCUT2D eigenvalue weighted by Gasteiger charge is 2.07. The van der Waals surface area contributed by atoms with Crippen LogP contribution in [0.4, 0.5) is 11.4 Å². The van der Waals surface area contributed by atoms with Crippen molar-refractivity contribution in [2.75, 3.05) is 24.3 Å². The van der Waals surface area contributed by atoms with Gasteiger partial charge in [0.25, 0.3) is 0 Å². The van der Waals surface area contributed by atoms with Crippen LogP contribution >= 0.6 is 0 Å². The fourth-order valence-electron chi connectivity index (χ4n) is 1.91. The van der Waals surface area contributed by atoms with Crippen molar-refractivity contribution in [3.8, 4) is 0 Å². The van der Waals surface area contributed by atoms with Crippen LogP contribution < -0.4 is 10.2 Å². The van der Waals surface area contributed by atoms with E-state index >= 15 is 0 Å². The summed E-state index contributed by atoms with van der Waals surface area (Å²) in [6.07, 6.45) is 2.50. The predicted molar refractivity (Wildman–Crippen MR) is 77.9 cm³/mol.